The third-order valence-corrected chi connectivity index (χ3v) is 4.31. The van der Waals surface area contributed by atoms with Gasteiger partial charge in [-0.3, -0.25) is 4.79 Å². The SMILES string of the molecule is Cc1ccc2c(c1)[C@H](N1CCCC1=O)[C@H](O)C(C)(C)O2. The molecule has 3 rings (SSSR count). The highest BCUT2D eigenvalue weighted by Crippen LogP contribution is 2.44. The first-order valence-corrected chi connectivity index (χ1v) is 7.17. The van der Waals surface area contributed by atoms with Crippen molar-refractivity contribution in [1.29, 1.82) is 0 Å². The summed E-state index contributed by atoms with van der Waals surface area (Å²) >= 11 is 0. The van der Waals surface area contributed by atoms with Crippen molar-refractivity contribution in [1.82, 2.24) is 4.90 Å². The summed E-state index contributed by atoms with van der Waals surface area (Å²) in [7, 11) is 0. The van der Waals surface area contributed by atoms with E-state index in [9.17, 15) is 9.90 Å². The van der Waals surface area contributed by atoms with Crippen molar-refractivity contribution in [2.75, 3.05) is 6.54 Å². The number of hydrogen-bond acceptors (Lipinski definition) is 3. The summed E-state index contributed by atoms with van der Waals surface area (Å²) in [4.78, 5) is 13.9. The summed E-state index contributed by atoms with van der Waals surface area (Å²) in [5, 5.41) is 10.7. The molecule has 0 unspecified atom stereocenters. The minimum absolute atomic E-state index is 0.124. The molecule has 2 aliphatic heterocycles. The van der Waals surface area contributed by atoms with E-state index in [1.165, 1.54) is 0 Å². The quantitative estimate of drug-likeness (QED) is 0.854. The first kappa shape index (κ1) is 13.4. The van der Waals surface area contributed by atoms with Gasteiger partial charge in [-0.1, -0.05) is 17.7 Å². The Morgan fingerprint density at radius 1 is 1.40 bits per heavy atom. The fraction of sp³-hybridized carbons (Fsp3) is 0.562. The van der Waals surface area contributed by atoms with Gasteiger partial charge >= 0.3 is 0 Å². The Morgan fingerprint density at radius 3 is 2.80 bits per heavy atom. The molecule has 2 heterocycles. The number of aliphatic hydroxyl groups is 1. The van der Waals surface area contributed by atoms with Crippen molar-refractivity contribution >= 4 is 5.91 Å². The van der Waals surface area contributed by atoms with Gasteiger partial charge in [0.05, 0.1) is 6.04 Å². The Kier molecular flexibility index (Phi) is 3.01. The number of carbonyl (C=O) groups excluding carboxylic acids is 1. The van der Waals surface area contributed by atoms with Gasteiger partial charge in [-0.05, 0) is 33.3 Å². The molecule has 108 valence electrons. The van der Waals surface area contributed by atoms with Crippen molar-refractivity contribution in [3.05, 3.63) is 29.3 Å². The first-order chi connectivity index (χ1) is 9.40. The van der Waals surface area contributed by atoms with Crippen LogP contribution in [0.15, 0.2) is 18.2 Å². The van der Waals surface area contributed by atoms with Crippen LogP contribution in [0.25, 0.3) is 0 Å². The highest BCUT2D eigenvalue weighted by molar-refractivity contribution is 5.79. The monoisotopic (exact) mass is 275 g/mol. The Hall–Kier alpha value is -1.55. The second kappa shape index (κ2) is 4.48. The van der Waals surface area contributed by atoms with Crippen LogP contribution in [0, 0.1) is 6.92 Å². The molecule has 20 heavy (non-hydrogen) atoms. The van der Waals surface area contributed by atoms with Gasteiger partial charge in [0.2, 0.25) is 5.91 Å². The molecule has 4 nitrogen and oxygen atoms in total. The summed E-state index contributed by atoms with van der Waals surface area (Å²) in [6.07, 6.45) is 0.717. The van der Waals surface area contributed by atoms with Gasteiger partial charge in [0.25, 0.3) is 0 Å². The van der Waals surface area contributed by atoms with Gasteiger partial charge in [-0.2, -0.15) is 0 Å². The maximum absolute atomic E-state index is 12.1. The maximum atomic E-state index is 12.1. The molecule has 0 spiro atoms. The number of nitrogens with zero attached hydrogens (tertiary/aromatic N) is 1. The fourth-order valence-corrected chi connectivity index (χ4v) is 3.19. The molecular weight excluding hydrogens is 254 g/mol. The second-order valence-corrected chi connectivity index (χ2v) is 6.33. The summed E-state index contributed by atoms with van der Waals surface area (Å²) in [6, 6.07) is 5.65. The lowest BCUT2D eigenvalue weighted by molar-refractivity contribution is -0.139. The number of amides is 1. The van der Waals surface area contributed by atoms with Gasteiger partial charge in [-0.25, -0.2) is 0 Å². The second-order valence-electron chi connectivity index (χ2n) is 6.33. The molecular formula is C16H21NO3. The van der Waals surface area contributed by atoms with Crippen LogP contribution in [0.5, 0.6) is 5.75 Å². The number of aliphatic hydroxyl groups excluding tert-OH is 1. The van der Waals surface area contributed by atoms with E-state index in [4.69, 9.17) is 4.74 Å². The molecule has 4 heteroatoms. The van der Waals surface area contributed by atoms with Gasteiger partial charge in [0, 0.05) is 18.5 Å². The average molecular weight is 275 g/mol. The summed E-state index contributed by atoms with van der Waals surface area (Å²) < 4.78 is 5.92. The van der Waals surface area contributed by atoms with Crippen LogP contribution in [0.1, 0.15) is 43.9 Å². The highest BCUT2D eigenvalue weighted by Gasteiger charge is 2.47. The number of carbonyl (C=O) groups is 1. The normalized spacial score (nSPS) is 28.2. The molecule has 2 atom stereocenters. The van der Waals surface area contributed by atoms with E-state index >= 15 is 0 Å². The Labute approximate surface area is 119 Å². The molecule has 1 aromatic carbocycles. The molecule has 1 N–H and O–H groups in total. The standard InChI is InChI=1S/C16H21NO3/c1-10-6-7-12-11(9-10)14(15(19)16(2,3)20-12)17-8-4-5-13(17)18/h6-7,9,14-15,19H,4-5,8H2,1-3H3/t14-,15-/m0/s1. The maximum Gasteiger partial charge on any atom is 0.223 e. The van der Waals surface area contributed by atoms with Crippen molar-refractivity contribution in [3.63, 3.8) is 0 Å². The topological polar surface area (TPSA) is 49.8 Å². The molecule has 2 aliphatic rings. The minimum Gasteiger partial charge on any atom is -0.485 e. The van der Waals surface area contributed by atoms with E-state index < -0.39 is 11.7 Å². The zero-order chi connectivity index (χ0) is 14.5. The number of hydrogen-bond donors (Lipinski definition) is 1. The Bertz CT molecular complexity index is 553. The van der Waals surface area contributed by atoms with Crippen LogP contribution in [-0.2, 0) is 4.79 Å². The molecule has 1 saturated heterocycles. The number of fused-ring (bicyclic) bond motifs is 1. The van der Waals surface area contributed by atoms with Crippen molar-refractivity contribution in [2.45, 2.75) is 51.4 Å². The van der Waals surface area contributed by atoms with Crippen molar-refractivity contribution < 1.29 is 14.6 Å². The van der Waals surface area contributed by atoms with Gasteiger partial charge in [-0.15, -0.1) is 0 Å². The molecule has 0 aliphatic carbocycles. The van der Waals surface area contributed by atoms with Crippen LogP contribution < -0.4 is 4.74 Å². The molecule has 1 amide bonds. The lowest BCUT2D eigenvalue weighted by Gasteiger charge is -2.45. The summed E-state index contributed by atoms with van der Waals surface area (Å²) in [6.45, 7) is 6.46. The van der Waals surface area contributed by atoms with Crippen LogP contribution in [0.4, 0.5) is 0 Å². The van der Waals surface area contributed by atoms with Crippen LogP contribution in [0.3, 0.4) is 0 Å². The number of aryl methyl sites for hydroxylation is 1. The van der Waals surface area contributed by atoms with E-state index in [1.54, 1.807) is 0 Å². The van der Waals surface area contributed by atoms with E-state index in [0.29, 0.717) is 13.0 Å². The molecule has 1 fully saturated rings. The zero-order valence-electron chi connectivity index (χ0n) is 12.2. The predicted molar refractivity (Wildman–Crippen MR) is 75.6 cm³/mol. The lowest BCUT2D eigenvalue weighted by atomic mass is 9.85. The number of likely N-dealkylation sites (tertiary alicyclic amines) is 1. The smallest absolute Gasteiger partial charge is 0.223 e. The van der Waals surface area contributed by atoms with E-state index in [-0.39, 0.29) is 11.9 Å². The van der Waals surface area contributed by atoms with Gasteiger partial charge < -0.3 is 14.7 Å². The molecule has 0 radical (unpaired) electrons. The largest absolute Gasteiger partial charge is 0.485 e. The highest BCUT2D eigenvalue weighted by atomic mass is 16.5. The van der Waals surface area contributed by atoms with Crippen LogP contribution in [0.2, 0.25) is 0 Å². The van der Waals surface area contributed by atoms with Crippen LogP contribution in [-0.4, -0.2) is 34.2 Å². The first-order valence-electron chi connectivity index (χ1n) is 7.17. The number of rotatable bonds is 1. The molecule has 1 aromatic rings. The summed E-state index contributed by atoms with van der Waals surface area (Å²) in [5.74, 6) is 0.898. The third kappa shape index (κ3) is 1.99. The van der Waals surface area contributed by atoms with Gasteiger partial charge in [0.15, 0.2) is 0 Å². The minimum atomic E-state index is -0.723. The third-order valence-electron chi connectivity index (χ3n) is 4.31. The van der Waals surface area contributed by atoms with Crippen LogP contribution >= 0.6 is 0 Å². The van der Waals surface area contributed by atoms with E-state index in [1.807, 2.05) is 43.9 Å². The average Bonchev–Trinajstić information content (AvgIpc) is 2.78. The number of ether oxygens (including phenoxy) is 1. The summed E-state index contributed by atoms with van der Waals surface area (Å²) in [5.41, 5.74) is 1.33. The Balaban J connectivity index is 2.10. The van der Waals surface area contributed by atoms with Crippen molar-refractivity contribution in [3.8, 4) is 5.75 Å². The Morgan fingerprint density at radius 2 is 2.15 bits per heavy atom. The zero-order valence-corrected chi connectivity index (χ0v) is 12.2. The number of benzene rings is 1. The van der Waals surface area contributed by atoms with Crippen molar-refractivity contribution in [2.24, 2.45) is 0 Å². The molecule has 0 saturated carbocycles. The van der Waals surface area contributed by atoms with E-state index in [2.05, 4.69) is 0 Å². The predicted octanol–water partition coefficient (Wildman–Crippen LogP) is 2.19. The lowest BCUT2D eigenvalue weighted by Crippen LogP contribution is -2.53. The fourth-order valence-electron chi connectivity index (χ4n) is 3.19. The van der Waals surface area contributed by atoms with E-state index in [0.717, 1.165) is 23.3 Å². The molecule has 0 bridgehead atoms. The molecule has 0 aromatic heterocycles. The van der Waals surface area contributed by atoms with Gasteiger partial charge in [0.1, 0.15) is 17.5 Å².